The second-order valence-electron chi connectivity index (χ2n) is 18.6. The van der Waals surface area contributed by atoms with E-state index in [-0.39, 0.29) is 79.8 Å². The van der Waals surface area contributed by atoms with Gasteiger partial charge in [0.25, 0.3) is 21.1 Å². The van der Waals surface area contributed by atoms with Crippen LogP contribution in [0.25, 0.3) is 33.2 Å². The van der Waals surface area contributed by atoms with E-state index in [0.717, 1.165) is 57.3 Å². The van der Waals surface area contributed by atoms with Crippen molar-refractivity contribution in [1.82, 2.24) is 19.4 Å². The van der Waals surface area contributed by atoms with Gasteiger partial charge >= 0.3 is 10.1 Å². The van der Waals surface area contributed by atoms with Gasteiger partial charge in [0, 0.05) is 53.7 Å². The Labute approximate surface area is 541 Å². The number of nitrogens with zero attached hydrogens (tertiary/aromatic N) is 5. The van der Waals surface area contributed by atoms with E-state index in [9.17, 15) is 57.2 Å². The minimum Gasteiger partial charge on any atom is -0.497 e. The van der Waals surface area contributed by atoms with Crippen LogP contribution < -0.4 is 43.9 Å². The fourth-order valence-corrected chi connectivity index (χ4v) is 11.7. The molecule has 1 N–H and O–H groups in total. The molecular weight excluding hydrogens is 1430 g/mol. The molecule has 0 radical (unpaired) electrons. The van der Waals surface area contributed by atoms with Crippen molar-refractivity contribution in [3.05, 3.63) is 240 Å². The average Bonchev–Trinajstić information content (AvgIpc) is 0.827. The third-order valence-corrected chi connectivity index (χ3v) is 17.3. The quantitative estimate of drug-likeness (QED) is 0.0294. The van der Waals surface area contributed by atoms with Gasteiger partial charge in [-0.15, -0.1) is 0 Å². The highest BCUT2D eigenvalue weighted by atomic mass is 79.9. The Balaban J connectivity index is 0.000000210. The summed E-state index contributed by atoms with van der Waals surface area (Å²) in [5, 5.41) is 11.2. The van der Waals surface area contributed by atoms with Gasteiger partial charge in [0.05, 0.1) is 71.2 Å². The number of nitrogens with one attached hydrogen (secondary N) is 1. The van der Waals surface area contributed by atoms with E-state index in [1.165, 1.54) is 97.5 Å². The average molecular weight is 1480 g/mol. The Morgan fingerprint density at radius 2 is 0.978 bits per heavy atom. The SMILES string of the molecule is COc1cc(Br)c(F)cc1-n1c(=O)ccc2cc(S(=O)(=O)Oc3c(F)c(F)c(F)c(F)c3F)ccc21.COc1ccc(CN(c2ccon2)S(=O)(=O)c2ccc3c(ccc(=O)n3-c3cc(F)c(Br)cc3OC)c2)cc1.COc1ccc(CNc2ccon2)cc1.P.P. The minimum atomic E-state index is -5.12. The van der Waals surface area contributed by atoms with Crippen LogP contribution >= 0.6 is 51.7 Å². The summed E-state index contributed by atoms with van der Waals surface area (Å²) < 4.78 is 188. The molecule has 92 heavy (non-hydrogen) atoms. The van der Waals surface area contributed by atoms with Crippen LogP contribution in [-0.4, -0.2) is 64.7 Å². The van der Waals surface area contributed by atoms with E-state index in [0.29, 0.717) is 22.2 Å². The number of ether oxygens (including phenoxy) is 4. The molecule has 0 amide bonds. The molecule has 0 saturated heterocycles. The van der Waals surface area contributed by atoms with Crippen LogP contribution in [0.3, 0.4) is 0 Å². The largest absolute Gasteiger partial charge is 0.497 e. The van der Waals surface area contributed by atoms with Gasteiger partial charge in [0.15, 0.2) is 11.6 Å². The van der Waals surface area contributed by atoms with Crippen LogP contribution in [0.15, 0.2) is 195 Å². The van der Waals surface area contributed by atoms with Gasteiger partial charge in [-0.1, -0.05) is 34.6 Å². The highest BCUT2D eigenvalue weighted by molar-refractivity contribution is 9.10. The monoisotopic (exact) mass is 1480 g/mol. The molecule has 7 aromatic carbocycles. The summed E-state index contributed by atoms with van der Waals surface area (Å²) in [4.78, 5) is 24.8. The van der Waals surface area contributed by atoms with E-state index in [4.69, 9.17) is 28.0 Å². The molecule has 0 saturated carbocycles. The lowest BCUT2D eigenvalue weighted by Gasteiger charge is -2.22. The maximum Gasteiger partial charge on any atom is 0.339 e. The van der Waals surface area contributed by atoms with Crippen LogP contribution in [0.5, 0.6) is 28.7 Å². The van der Waals surface area contributed by atoms with E-state index >= 15 is 0 Å². The lowest BCUT2D eigenvalue weighted by atomic mass is 10.2. The van der Waals surface area contributed by atoms with Gasteiger partial charge in [0.2, 0.25) is 34.8 Å². The van der Waals surface area contributed by atoms with Gasteiger partial charge in [-0.05, 0) is 128 Å². The number of methoxy groups -OCH3 is 4. The molecule has 0 fully saturated rings. The van der Waals surface area contributed by atoms with Crippen LogP contribution in [0.2, 0.25) is 0 Å². The van der Waals surface area contributed by atoms with Crippen molar-refractivity contribution in [2.24, 2.45) is 0 Å². The smallest absolute Gasteiger partial charge is 0.339 e. The number of anilines is 2. The lowest BCUT2D eigenvalue weighted by Crippen LogP contribution is -2.31. The van der Waals surface area contributed by atoms with E-state index in [1.807, 2.05) is 24.3 Å². The van der Waals surface area contributed by atoms with Crippen molar-refractivity contribution in [3.8, 4) is 40.1 Å². The number of benzene rings is 7. The highest BCUT2D eigenvalue weighted by Crippen LogP contribution is 2.36. The zero-order valence-electron chi connectivity index (χ0n) is 48.1. The molecule has 482 valence electrons. The molecule has 0 aliphatic carbocycles. The zero-order valence-corrected chi connectivity index (χ0v) is 55.7. The summed E-state index contributed by atoms with van der Waals surface area (Å²) in [5.41, 5.74) is 1.36. The van der Waals surface area contributed by atoms with E-state index in [2.05, 4.69) is 51.7 Å². The molecule has 4 aromatic heterocycles. The third-order valence-electron chi connectivity index (χ3n) is 13.1. The normalized spacial score (nSPS) is 11.1. The molecule has 32 heteroatoms. The number of rotatable bonds is 17. The number of sulfonamides is 1. The standard InChI is InChI=1S/C27H21BrFN3O6S.C22H10BrF6NO5S.C11H12N2O2.2H3P/c1-36-19-6-3-17(4-7-19)16-31(26-11-12-38-30-26)39(34,35)20-8-9-23-18(13-20)5-10-27(33)32(23)24-15-22(29)21(28)14-25(24)37-2;1-34-15-7-11(23)12(24)8-14(15)30-13-4-3-10(6-9(13)2-5-16(30)31)36(32,33)35-22-20(28)18(26)17(25)19(27)21(22)29;1-14-10-4-2-9(3-5-10)8-12-11-6-7-15-13-11;;/h3-15H,16H2,1-2H3;2-8H,1H3;2-7H,8H2,1H3,(H,12,13);2*1H3. The van der Waals surface area contributed by atoms with Crippen LogP contribution in [0.4, 0.5) is 42.4 Å². The molecule has 0 aliphatic rings. The van der Waals surface area contributed by atoms with Gasteiger partial charge in [-0.2, -0.15) is 37.0 Å². The number of hydrogen-bond acceptors (Lipinski definition) is 16. The number of pyridine rings is 2. The first-order valence-electron chi connectivity index (χ1n) is 25.7. The van der Waals surface area contributed by atoms with Crippen molar-refractivity contribution < 1.29 is 79.7 Å². The maximum atomic E-state index is 14.5. The summed E-state index contributed by atoms with van der Waals surface area (Å²) in [6, 6.07) is 35.2. The van der Waals surface area contributed by atoms with Crippen molar-refractivity contribution in [2.45, 2.75) is 22.9 Å². The maximum absolute atomic E-state index is 14.5. The molecule has 2 atom stereocenters. The molecular formula is C60H49Br2F7N6O13P2S2. The number of fused-ring (bicyclic) bond motifs is 2. The first kappa shape index (κ1) is 70.7. The molecule has 11 aromatic rings. The molecule has 0 spiro atoms. The van der Waals surface area contributed by atoms with Crippen LogP contribution in [0.1, 0.15) is 11.1 Å². The third kappa shape index (κ3) is 15.2. The van der Waals surface area contributed by atoms with Gasteiger partial charge in [-0.3, -0.25) is 18.7 Å². The molecule has 2 unspecified atom stereocenters. The molecule has 19 nitrogen and oxygen atoms in total. The Morgan fingerprint density at radius 3 is 1.43 bits per heavy atom. The first-order valence-corrected chi connectivity index (χ1v) is 30.1. The van der Waals surface area contributed by atoms with Crippen molar-refractivity contribution in [1.29, 1.82) is 0 Å². The number of hydrogen-bond donors (Lipinski definition) is 1. The highest BCUT2D eigenvalue weighted by Gasteiger charge is 2.32. The summed E-state index contributed by atoms with van der Waals surface area (Å²) in [6.07, 6.45) is 2.83. The minimum absolute atomic E-state index is 0. The van der Waals surface area contributed by atoms with E-state index < -0.39 is 82.6 Å². The van der Waals surface area contributed by atoms with Crippen LogP contribution in [-0.2, 0) is 33.2 Å². The Bertz CT molecular complexity index is 4810. The fourth-order valence-electron chi connectivity index (χ4n) is 8.68. The summed E-state index contributed by atoms with van der Waals surface area (Å²) >= 11 is 6.12. The molecule has 11 rings (SSSR count). The van der Waals surface area contributed by atoms with Gasteiger partial charge in [0.1, 0.15) is 52.1 Å². The summed E-state index contributed by atoms with van der Waals surface area (Å²) in [7, 11) is -3.38. The van der Waals surface area contributed by atoms with E-state index in [1.54, 1.807) is 44.6 Å². The number of aromatic nitrogens is 4. The Hall–Kier alpha value is -8.79. The second-order valence-corrected chi connectivity index (χ2v) is 23.7. The van der Waals surface area contributed by atoms with Gasteiger partial charge < -0.3 is 37.5 Å². The molecule has 0 aliphatic heterocycles. The fraction of sp³-hybridized carbons (Fsp3) is 0.100. The summed E-state index contributed by atoms with van der Waals surface area (Å²) in [6.45, 7) is 0.697. The first-order chi connectivity index (χ1) is 43.0. The topological polar surface area (TPSA) is 226 Å². The lowest BCUT2D eigenvalue weighted by molar-refractivity contribution is 0.346. The number of halogens is 9. The molecule has 4 heterocycles. The predicted octanol–water partition coefficient (Wildman–Crippen LogP) is 13.1. The summed E-state index contributed by atoms with van der Waals surface area (Å²) in [5.74, 6) is -12.9. The van der Waals surface area contributed by atoms with Crippen molar-refractivity contribution in [2.75, 3.05) is 38.1 Å². The molecule has 0 bridgehead atoms. The Morgan fingerprint density at radius 1 is 0.522 bits per heavy atom. The predicted molar refractivity (Wildman–Crippen MR) is 343 cm³/mol. The van der Waals surface area contributed by atoms with Gasteiger partial charge in [-0.25, -0.2) is 34.7 Å². The van der Waals surface area contributed by atoms with Crippen molar-refractivity contribution >= 4 is 105 Å². The van der Waals surface area contributed by atoms with Crippen LogP contribution in [0, 0.1) is 40.7 Å². The Kier molecular flexibility index (Phi) is 23.1. The second kappa shape index (κ2) is 30.1. The van der Waals surface area contributed by atoms with Crippen molar-refractivity contribution in [3.63, 3.8) is 0 Å². The zero-order chi connectivity index (χ0) is 64.8.